The zero-order valence-electron chi connectivity index (χ0n) is 16.6. The van der Waals surface area contributed by atoms with Crippen LogP contribution < -0.4 is 4.74 Å². The summed E-state index contributed by atoms with van der Waals surface area (Å²) in [6.45, 7) is 4.34. The van der Waals surface area contributed by atoms with E-state index in [-0.39, 0.29) is 30.2 Å². The van der Waals surface area contributed by atoms with E-state index in [1.165, 1.54) is 24.1 Å². The predicted molar refractivity (Wildman–Crippen MR) is 111 cm³/mol. The number of likely N-dealkylation sites (tertiary alicyclic amines) is 1. The van der Waals surface area contributed by atoms with Gasteiger partial charge in [-0.2, -0.15) is 0 Å². The topological polar surface area (TPSA) is 96.3 Å². The number of phenols is 1. The first-order chi connectivity index (χ1) is 14.5. The quantitative estimate of drug-likeness (QED) is 0.301. The molecule has 0 unspecified atom stereocenters. The first-order valence-electron chi connectivity index (χ1n) is 9.38. The van der Waals surface area contributed by atoms with Crippen LogP contribution in [0.5, 0.6) is 11.5 Å². The highest BCUT2D eigenvalue weighted by Gasteiger charge is 2.45. The Labute approximate surface area is 174 Å². The normalized spacial score (nSPS) is 17.9. The van der Waals surface area contributed by atoms with Gasteiger partial charge in [0.05, 0.1) is 18.2 Å². The fourth-order valence-electron chi connectivity index (χ4n) is 3.32. The Morgan fingerprint density at radius 3 is 2.40 bits per heavy atom. The molecule has 2 aromatic carbocycles. The van der Waals surface area contributed by atoms with Crippen LogP contribution in [0.4, 0.5) is 0 Å². The molecular weight excluding hydrogens is 386 g/mol. The third-order valence-corrected chi connectivity index (χ3v) is 4.78. The van der Waals surface area contributed by atoms with E-state index in [0.29, 0.717) is 23.5 Å². The summed E-state index contributed by atoms with van der Waals surface area (Å²) in [4.78, 5) is 26.9. The van der Waals surface area contributed by atoms with Crippen LogP contribution in [-0.2, 0) is 14.3 Å². The van der Waals surface area contributed by atoms with Crippen molar-refractivity contribution in [3.05, 3.63) is 77.9 Å². The van der Waals surface area contributed by atoms with Crippen LogP contribution in [0.25, 0.3) is 5.76 Å². The maximum atomic E-state index is 12.8. The monoisotopic (exact) mass is 409 g/mol. The van der Waals surface area contributed by atoms with Gasteiger partial charge in [0.25, 0.3) is 11.7 Å². The van der Waals surface area contributed by atoms with Crippen molar-refractivity contribution in [1.82, 2.24) is 4.90 Å². The zero-order chi connectivity index (χ0) is 21.7. The number of rotatable bonds is 8. The van der Waals surface area contributed by atoms with Crippen LogP contribution in [0.2, 0.25) is 0 Å². The summed E-state index contributed by atoms with van der Waals surface area (Å²) in [7, 11) is 1.50. The molecule has 0 saturated carbocycles. The van der Waals surface area contributed by atoms with Crippen molar-refractivity contribution in [2.45, 2.75) is 6.04 Å². The molecule has 0 spiro atoms. The summed E-state index contributed by atoms with van der Waals surface area (Å²) >= 11 is 0. The summed E-state index contributed by atoms with van der Waals surface area (Å²) < 4.78 is 10.5. The molecule has 0 aliphatic carbocycles. The minimum Gasteiger partial charge on any atom is -0.508 e. The number of amides is 1. The van der Waals surface area contributed by atoms with Gasteiger partial charge in [-0.3, -0.25) is 9.59 Å². The molecule has 1 aliphatic heterocycles. The Bertz CT molecular complexity index is 962. The molecule has 30 heavy (non-hydrogen) atoms. The number of Topliss-reactive ketones (excluding diaryl/α,β-unsaturated/α-hetero) is 1. The highest BCUT2D eigenvalue weighted by Crippen LogP contribution is 2.39. The lowest BCUT2D eigenvalue weighted by Gasteiger charge is -2.25. The molecular formula is C23H23NO6. The average molecular weight is 409 g/mol. The SMILES string of the molecule is C=CCOc1ccc(C(O)=C2C(=O)C(=O)N(CCOC)[C@@H]2c2ccc(O)cc2)cc1. The summed E-state index contributed by atoms with van der Waals surface area (Å²) in [6.07, 6.45) is 1.62. The molecule has 0 radical (unpaired) electrons. The van der Waals surface area contributed by atoms with Gasteiger partial charge >= 0.3 is 0 Å². The maximum absolute atomic E-state index is 12.8. The number of methoxy groups -OCH3 is 1. The number of hydrogen-bond acceptors (Lipinski definition) is 6. The van der Waals surface area contributed by atoms with Crippen LogP contribution in [-0.4, -0.2) is 53.7 Å². The number of aliphatic hydroxyl groups excluding tert-OH is 1. The van der Waals surface area contributed by atoms with Gasteiger partial charge in [0.1, 0.15) is 23.9 Å². The van der Waals surface area contributed by atoms with Crippen LogP contribution >= 0.6 is 0 Å². The van der Waals surface area contributed by atoms with E-state index in [9.17, 15) is 19.8 Å². The van der Waals surface area contributed by atoms with Gasteiger partial charge in [0.15, 0.2) is 0 Å². The van der Waals surface area contributed by atoms with Gasteiger partial charge in [-0.05, 0) is 42.0 Å². The lowest BCUT2D eigenvalue weighted by atomic mass is 9.95. The standard InChI is InChI=1S/C23H23NO6/c1-3-13-30-18-10-6-16(7-11-18)21(26)19-20(15-4-8-17(25)9-5-15)24(12-14-29-2)23(28)22(19)27/h3-11,20,25-26H,1,12-14H2,2H3/t20-/m1/s1. The Kier molecular flexibility index (Phi) is 6.54. The zero-order valence-corrected chi connectivity index (χ0v) is 16.6. The molecule has 1 amide bonds. The second-order valence-corrected chi connectivity index (χ2v) is 6.70. The molecule has 1 fully saturated rings. The first-order valence-corrected chi connectivity index (χ1v) is 9.38. The molecule has 156 valence electrons. The number of carbonyl (C=O) groups is 2. The maximum Gasteiger partial charge on any atom is 0.295 e. The fourth-order valence-corrected chi connectivity index (χ4v) is 3.32. The number of hydrogen-bond donors (Lipinski definition) is 2. The van der Waals surface area contributed by atoms with E-state index in [1.807, 2.05) is 0 Å². The number of carbonyl (C=O) groups excluding carboxylic acids is 2. The van der Waals surface area contributed by atoms with Gasteiger partial charge in [-0.25, -0.2) is 0 Å². The molecule has 7 heteroatoms. The number of ketones is 1. The van der Waals surface area contributed by atoms with Crippen molar-refractivity contribution < 1.29 is 29.3 Å². The minimum atomic E-state index is -0.794. The lowest BCUT2D eigenvalue weighted by Crippen LogP contribution is -2.32. The fraction of sp³-hybridized carbons (Fsp3) is 0.217. The Balaban J connectivity index is 2.05. The second kappa shape index (κ2) is 9.28. The van der Waals surface area contributed by atoms with Crippen molar-refractivity contribution in [3.8, 4) is 11.5 Å². The van der Waals surface area contributed by atoms with Crippen molar-refractivity contribution in [2.24, 2.45) is 0 Å². The molecule has 3 rings (SSSR count). The van der Waals surface area contributed by atoms with E-state index in [1.54, 1.807) is 42.5 Å². The number of nitrogens with zero attached hydrogens (tertiary/aromatic N) is 1. The summed E-state index contributed by atoms with van der Waals surface area (Å²) in [5.41, 5.74) is 0.964. The van der Waals surface area contributed by atoms with E-state index in [0.717, 1.165) is 0 Å². The highest BCUT2D eigenvalue weighted by molar-refractivity contribution is 6.46. The van der Waals surface area contributed by atoms with Gasteiger partial charge in [0, 0.05) is 19.2 Å². The molecule has 2 N–H and O–H groups in total. The average Bonchev–Trinajstić information content (AvgIpc) is 3.01. The van der Waals surface area contributed by atoms with Gasteiger partial charge < -0.3 is 24.6 Å². The van der Waals surface area contributed by atoms with E-state index in [4.69, 9.17) is 9.47 Å². The van der Waals surface area contributed by atoms with Crippen LogP contribution in [0.15, 0.2) is 66.8 Å². The number of aliphatic hydroxyl groups is 1. The Hall–Kier alpha value is -3.58. The predicted octanol–water partition coefficient (Wildman–Crippen LogP) is 3.03. The highest BCUT2D eigenvalue weighted by atomic mass is 16.5. The van der Waals surface area contributed by atoms with E-state index in [2.05, 4.69) is 6.58 Å². The first kappa shape index (κ1) is 21.1. The molecule has 0 bridgehead atoms. The number of phenolic OH excluding ortho intramolecular Hbond substituents is 1. The molecule has 1 heterocycles. The van der Waals surface area contributed by atoms with E-state index < -0.39 is 17.7 Å². The van der Waals surface area contributed by atoms with Gasteiger partial charge in [0.2, 0.25) is 0 Å². The molecule has 1 atom stereocenters. The minimum absolute atomic E-state index is 0.0125. The lowest BCUT2D eigenvalue weighted by molar-refractivity contribution is -0.140. The third-order valence-electron chi connectivity index (χ3n) is 4.78. The number of aromatic hydroxyl groups is 1. The molecule has 1 aliphatic rings. The van der Waals surface area contributed by atoms with Gasteiger partial charge in [-0.15, -0.1) is 0 Å². The van der Waals surface area contributed by atoms with E-state index >= 15 is 0 Å². The molecule has 0 aromatic heterocycles. The number of ether oxygens (including phenoxy) is 2. The molecule has 2 aromatic rings. The smallest absolute Gasteiger partial charge is 0.295 e. The number of benzene rings is 2. The van der Waals surface area contributed by atoms with Crippen molar-refractivity contribution in [3.63, 3.8) is 0 Å². The van der Waals surface area contributed by atoms with Gasteiger partial charge in [-0.1, -0.05) is 24.8 Å². The third kappa shape index (κ3) is 4.21. The molecule has 1 saturated heterocycles. The molecule has 7 nitrogen and oxygen atoms in total. The summed E-state index contributed by atoms with van der Waals surface area (Å²) in [5.74, 6) is -1.11. The van der Waals surface area contributed by atoms with Crippen LogP contribution in [0, 0.1) is 0 Å². The van der Waals surface area contributed by atoms with Crippen molar-refractivity contribution in [1.29, 1.82) is 0 Å². The van der Waals surface area contributed by atoms with Crippen LogP contribution in [0.3, 0.4) is 0 Å². The summed E-state index contributed by atoms with van der Waals surface area (Å²) in [6, 6.07) is 11.9. The Morgan fingerprint density at radius 2 is 1.80 bits per heavy atom. The second-order valence-electron chi connectivity index (χ2n) is 6.70. The van der Waals surface area contributed by atoms with Crippen molar-refractivity contribution >= 4 is 17.4 Å². The largest absolute Gasteiger partial charge is 0.508 e. The van der Waals surface area contributed by atoms with Crippen LogP contribution in [0.1, 0.15) is 17.2 Å². The van der Waals surface area contributed by atoms with Crippen molar-refractivity contribution in [2.75, 3.05) is 26.9 Å². The Morgan fingerprint density at radius 1 is 1.13 bits per heavy atom. The summed E-state index contributed by atoms with van der Waals surface area (Å²) in [5, 5.41) is 20.6.